The maximum atomic E-state index is 5.35. The van der Waals surface area contributed by atoms with E-state index in [1.807, 2.05) is 0 Å². The van der Waals surface area contributed by atoms with Gasteiger partial charge in [-0.1, -0.05) is 47.9 Å². The van der Waals surface area contributed by atoms with E-state index in [0.29, 0.717) is 12.6 Å². The van der Waals surface area contributed by atoms with Crippen LogP contribution in [0, 0.1) is 19.3 Å². The van der Waals surface area contributed by atoms with E-state index in [4.69, 9.17) is 6.42 Å². The molecule has 0 amide bonds. The molecule has 0 saturated carbocycles. The predicted octanol–water partition coefficient (Wildman–Crippen LogP) is 3.82. The van der Waals surface area contributed by atoms with Crippen molar-refractivity contribution in [3.05, 3.63) is 64.7 Å². The summed E-state index contributed by atoms with van der Waals surface area (Å²) in [5.74, 6) is 2.66. The first-order chi connectivity index (χ1) is 10.8. The van der Waals surface area contributed by atoms with Crippen molar-refractivity contribution in [3.8, 4) is 12.3 Å². The minimum atomic E-state index is 0.396. The summed E-state index contributed by atoms with van der Waals surface area (Å²) in [4.78, 5) is 0. The summed E-state index contributed by atoms with van der Waals surface area (Å²) in [5.41, 5.74) is 6.69. The van der Waals surface area contributed by atoms with E-state index in [1.165, 1.54) is 27.9 Å². The molecule has 22 heavy (non-hydrogen) atoms. The maximum Gasteiger partial charge on any atom is 0.0578 e. The fraction of sp³-hybridized carbons (Fsp3) is 0.300. The molecular formula is C20H22N2. The predicted molar refractivity (Wildman–Crippen MR) is 92.8 cm³/mol. The normalized spacial score (nSPS) is 16.1. The van der Waals surface area contributed by atoms with Crippen molar-refractivity contribution in [2.24, 2.45) is 0 Å². The van der Waals surface area contributed by atoms with Crippen LogP contribution in [0.4, 0.5) is 5.69 Å². The average Bonchev–Trinajstić information content (AvgIpc) is 2.96. The van der Waals surface area contributed by atoms with E-state index in [2.05, 4.69) is 65.9 Å². The second-order valence-electron chi connectivity index (χ2n) is 5.89. The number of rotatable bonds is 5. The Balaban J connectivity index is 1.72. The van der Waals surface area contributed by atoms with Crippen LogP contribution in [0.15, 0.2) is 42.5 Å². The van der Waals surface area contributed by atoms with Crippen LogP contribution in [0.3, 0.4) is 0 Å². The van der Waals surface area contributed by atoms with Gasteiger partial charge in [0.2, 0.25) is 0 Å². The van der Waals surface area contributed by atoms with Crippen molar-refractivity contribution < 1.29 is 0 Å². The van der Waals surface area contributed by atoms with Crippen LogP contribution in [0.5, 0.6) is 0 Å². The molecule has 2 aromatic rings. The monoisotopic (exact) mass is 290 g/mol. The first-order valence-electron chi connectivity index (χ1n) is 7.86. The van der Waals surface area contributed by atoms with Gasteiger partial charge in [0.25, 0.3) is 0 Å². The molecular weight excluding hydrogens is 268 g/mol. The summed E-state index contributed by atoms with van der Waals surface area (Å²) in [6.07, 6.45) is 7.59. The SMILES string of the molecule is C#CCNC1CCc2c(NCc3ccc(C)cc3)cccc21. The number of hydrogen-bond acceptors (Lipinski definition) is 2. The third kappa shape index (κ3) is 3.16. The van der Waals surface area contributed by atoms with Gasteiger partial charge in [-0.15, -0.1) is 6.42 Å². The van der Waals surface area contributed by atoms with Crippen LogP contribution in [-0.2, 0) is 13.0 Å². The van der Waals surface area contributed by atoms with E-state index < -0.39 is 0 Å². The van der Waals surface area contributed by atoms with Gasteiger partial charge in [0.1, 0.15) is 0 Å². The molecule has 112 valence electrons. The van der Waals surface area contributed by atoms with Gasteiger partial charge in [0.15, 0.2) is 0 Å². The summed E-state index contributed by atoms with van der Waals surface area (Å²) in [6, 6.07) is 15.6. The smallest absolute Gasteiger partial charge is 0.0578 e. The van der Waals surface area contributed by atoms with Crippen molar-refractivity contribution in [2.45, 2.75) is 32.4 Å². The number of terminal acetylenes is 1. The second-order valence-corrected chi connectivity index (χ2v) is 5.89. The van der Waals surface area contributed by atoms with Crippen molar-refractivity contribution in [1.82, 2.24) is 5.32 Å². The molecule has 1 unspecified atom stereocenters. The van der Waals surface area contributed by atoms with Gasteiger partial charge >= 0.3 is 0 Å². The quantitative estimate of drug-likeness (QED) is 0.818. The summed E-state index contributed by atoms with van der Waals surface area (Å²) in [5, 5.41) is 7.02. The molecule has 0 fully saturated rings. The fourth-order valence-corrected chi connectivity index (χ4v) is 3.12. The van der Waals surface area contributed by atoms with Crippen LogP contribution in [-0.4, -0.2) is 6.54 Å². The van der Waals surface area contributed by atoms with Gasteiger partial charge in [0.05, 0.1) is 6.54 Å². The van der Waals surface area contributed by atoms with Gasteiger partial charge in [-0.2, -0.15) is 0 Å². The lowest BCUT2D eigenvalue weighted by molar-refractivity contribution is 0.568. The van der Waals surface area contributed by atoms with Crippen LogP contribution < -0.4 is 10.6 Å². The zero-order chi connectivity index (χ0) is 15.4. The minimum absolute atomic E-state index is 0.396. The molecule has 0 spiro atoms. The molecule has 2 aromatic carbocycles. The summed E-state index contributed by atoms with van der Waals surface area (Å²) >= 11 is 0. The fourth-order valence-electron chi connectivity index (χ4n) is 3.12. The Hall–Kier alpha value is -2.24. The zero-order valence-electron chi connectivity index (χ0n) is 13.0. The Bertz CT molecular complexity index is 680. The molecule has 0 saturated heterocycles. The number of anilines is 1. The highest BCUT2D eigenvalue weighted by atomic mass is 14.9. The van der Waals surface area contributed by atoms with E-state index in [-0.39, 0.29) is 0 Å². The molecule has 0 heterocycles. The van der Waals surface area contributed by atoms with Crippen molar-refractivity contribution in [1.29, 1.82) is 0 Å². The van der Waals surface area contributed by atoms with Gasteiger partial charge in [0, 0.05) is 18.3 Å². The second kappa shape index (κ2) is 6.68. The minimum Gasteiger partial charge on any atom is -0.381 e. The number of aryl methyl sites for hydroxylation is 1. The lowest BCUT2D eigenvalue weighted by Crippen LogP contribution is -2.19. The summed E-state index contributed by atoms with van der Waals surface area (Å²) in [6.45, 7) is 3.61. The molecule has 2 heteroatoms. The van der Waals surface area contributed by atoms with Gasteiger partial charge < -0.3 is 5.32 Å². The number of hydrogen-bond donors (Lipinski definition) is 2. The van der Waals surface area contributed by atoms with Crippen LogP contribution >= 0.6 is 0 Å². The van der Waals surface area contributed by atoms with Crippen LogP contribution in [0.1, 0.15) is 34.7 Å². The highest BCUT2D eigenvalue weighted by molar-refractivity contribution is 5.57. The van der Waals surface area contributed by atoms with Crippen molar-refractivity contribution in [2.75, 3.05) is 11.9 Å². The standard InChI is InChI=1S/C20H22N2/c1-3-13-21-20-12-11-18-17(20)5-4-6-19(18)22-14-16-9-7-15(2)8-10-16/h1,4-10,20-22H,11-14H2,2H3. The molecule has 0 aromatic heterocycles. The first kappa shape index (κ1) is 14.7. The van der Waals surface area contributed by atoms with E-state index in [0.717, 1.165) is 19.4 Å². The highest BCUT2D eigenvalue weighted by Crippen LogP contribution is 2.35. The molecule has 2 N–H and O–H groups in total. The highest BCUT2D eigenvalue weighted by Gasteiger charge is 2.23. The largest absolute Gasteiger partial charge is 0.381 e. The van der Waals surface area contributed by atoms with Crippen LogP contribution in [0.2, 0.25) is 0 Å². The average molecular weight is 290 g/mol. The molecule has 0 radical (unpaired) electrons. The maximum absolute atomic E-state index is 5.35. The zero-order valence-corrected chi connectivity index (χ0v) is 13.0. The lowest BCUT2D eigenvalue weighted by atomic mass is 10.1. The topological polar surface area (TPSA) is 24.1 Å². The number of benzene rings is 2. The molecule has 1 atom stereocenters. The summed E-state index contributed by atoms with van der Waals surface area (Å²) < 4.78 is 0. The Morgan fingerprint density at radius 3 is 2.77 bits per heavy atom. The van der Waals surface area contributed by atoms with Gasteiger partial charge in [-0.3, -0.25) is 5.32 Å². The third-order valence-electron chi connectivity index (χ3n) is 4.32. The first-order valence-corrected chi connectivity index (χ1v) is 7.86. The summed E-state index contributed by atoms with van der Waals surface area (Å²) in [7, 11) is 0. The molecule has 0 bridgehead atoms. The van der Waals surface area contributed by atoms with Gasteiger partial charge in [-0.05, 0) is 42.5 Å². The number of fused-ring (bicyclic) bond motifs is 1. The molecule has 1 aliphatic carbocycles. The van der Waals surface area contributed by atoms with Crippen molar-refractivity contribution in [3.63, 3.8) is 0 Å². The molecule has 0 aliphatic heterocycles. The molecule has 3 rings (SSSR count). The number of nitrogens with one attached hydrogen (secondary N) is 2. The molecule has 2 nitrogen and oxygen atoms in total. The Morgan fingerprint density at radius 1 is 1.18 bits per heavy atom. The van der Waals surface area contributed by atoms with Crippen molar-refractivity contribution >= 4 is 5.69 Å². The van der Waals surface area contributed by atoms with E-state index in [9.17, 15) is 0 Å². The third-order valence-corrected chi connectivity index (χ3v) is 4.32. The lowest BCUT2D eigenvalue weighted by Gasteiger charge is -2.14. The Morgan fingerprint density at radius 2 is 2.00 bits per heavy atom. The van der Waals surface area contributed by atoms with Gasteiger partial charge in [-0.25, -0.2) is 0 Å². The van der Waals surface area contributed by atoms with Crippen LogP contribution in [0.25, 0.3) is 0 Å². The van der Waals surface area contributed by atoms with E-state index in [1.54, 1.807) is 0 Å². The Labute approximate surface area is 133 Å². The molecule has 1 aliphatic rings. The van der Waals surface area contributed by atoms with E-state index >= 15 is 0 Å². The Kier molecular flexibility index (Phi) is 4.46.